The number of carbonyl (C=O) groups excluding carboxylic acids is 1. The van der Waals surface area contributed by atoms with Crippen LogP contribution in [0, 0.1) is 11.6 Å². The zero-order valence-electron chi connectivity index (χ0n) is 13.1. The highest BCUT2D eigenvalue weighted by Gasteiger charge is 2.47. The van der Waals surface area contributed by atoms with Crippen LogP contribution in [0.1, 0.15) is 25.8 Å². The van der Waals surface area contributed by atoms with Gasteiger partial charge in [-0.2, -0.15) is 0 Å². The fourth-order valence-electron chi connectivity index (χ4n) is 3.25. The highest BCUT2D eigenvalue weighted by Crippen LogP contribution is 2.35. The number of carbonyl (C=O) groups is 1. The number of amides is 1. The monoisotopic (exact) mass is 307 g/mol. The average molecular weight is 307 g/mol. The van der Waals surface area contributed by atoms with Crippen LogP contribution in [-0.4, -0.2) is 36.4 Å². The molecular formula is C16H20BF2NO2. The van der Waals surface area contributed by atoms with Gasteiger partial charge in [0.15, 0.2) is 5.81 Å². The van der Waals surface area contributed by atoms with Crippen LogP contribution in [0.15, 0.2) is 30.9 Å². The molecule has 2 rings (SSSR count). The molecule has 0 aromatic heterocycles. The van der Waals surface area contributed by atoms with E-state index in [9.17, 15) is 13.6 Å². The third-order valence-corrected chi connectivity index (χ3v) is 3.89. The Morgan fingerprint density at radius 1 is 1.41 bits per heavy atom. The molecule has 1 aromatic carbocycles. The molecule has 1 heterocycles. The summed E-state index contributed by atoms with van der Waals surface area (Å²) in [6.07, 6.45) is 2.37. The summed E-state index contributed by atoms with van der Waals surface area (Å²) >= 11 is 0. The molecule has 1 aromatic rings. The Labute approximate surface area is 130 Å². The predicted molar refractivity (Wildman–Crippen MR) is 83.4 cm³/mol. The summed E-state index contributed by atoms with van der Waals surface area (Å²) in [5.41, 5.74) is -0.250. The molecule has 6 heteroatoms. The number of hydrogen-bond donors (Lipinski definition) is 0. The minimum absolute atomic E-state index is 0.126. The van der Waals surface area contributed by atoms with Crippen LogP contribution in [-0.2, 0) is 11.2 Å². The number of ether oxygens (including phenoxy) is 1. The molecule has 1 saturated heterocycles. The Balaban J connectivity index is 2.34. The normalized spacial score (nSPS) is 23.5. The molecule has 1 aliphatic rings. The van der Waals surface area contributed by atoms with E-state index in [1.807, 2.05) is 13.8 Å². The lowest BCUT2D eigenvalue weighted by atomic mass is 9.95. The van der Waals surface area contributed by atoms with Crippen LogP contribution >= 0.6 is 0 Å². The molecule has 0 aliphatic carbocycles. The second-order valence-corrected chi connectivity index (χ2v) is 6.07. The van der Waals surface area contributed by atoms with Crippen molar-refractivity contribution in [3.63, 3.8) is 0 Å². The summed E-state index contributed by atoms with van der Waals surface area (Å²) in [4.78, 5) is 13.7. The maximum absolute atomic E-state index is 13.4. The van der Waals surface area contributed by atoms with Gasteiger partial charge < -0.3 is 9.64 Å². The number of rotatable bonds is 4. The van der Waals surface area contributed by atoms with Crippen molar-refractivity contribution in [2.24, 2.45) is 0 Å². The van der Waals surface area contributed by atoms with Crippen LogP contribution in [0.25, 0.3) is 0 Å². The van der Waals surface area contributed by atoms with Crippen LogP contribution in [0.4, 0.5) is 13.6 Å². The molecule has 22 heavy (non-hydrogen) atoms. The van der Waals surface area contributed by atoms with Crippen molar-refractivity contribution in [1.82, 2.24) is 4.90 Å². The van der Waals surface area contributed by atoms with E-state index in [-0.39, 0.29) is 18.0 Å². The Bertz CT molecular complexity index is 571. The number of hydrogen-bond acceptors (Lipinski definition) is 2. The van der Waals surface area contributed by atoms with E-state index >= 15 is 0 Å². The van der Waals surface area contributed by atoms with Crippen LogP contribution in [0.3, 0.4) is 0 Å². The molecule has 1 amide bonds. The summed E-state index contributed by atoms with van der Waals surface area (Å²) < 4.78 is 32.7. The van der Waals surface area contributed by atoms with Crippen molar-refractivity contribution in [2.45, 2.75) is 44.6 Å². The molecule has 0 unspecified atom stereocenters. The molecule has 0 spiro atoms. The van der Waals surface area contributed by atoms with E-state index in [0.29, 0.717) is 18.4 Å². The van der Waals surface area contributed by atoms with Crippen molar-refractivity contribution >= 4 is 13.7 Å². The fourth-order valence-corrected chi connectivity index (χ4v) is 3.25. The highest BCUT2D eigenvalue weighted by atomic mass is 19.1. The van der Waals surface area contributed by atoms with E-state index in [0.717, 1.165) is 6.07 Å². The first-order valence-electron chi connectivity index (χ1n) is 7.28. The summed E-state index contributed by atoms with van der Waals surface area (Å²) in [7, 11) is 1.47. The maximum Gasteiger partial charge on any atom is 0.216 e. The standard InChI is InChI=1S/C16H20BF2NO2/c1-4-5-14-13(20(15(17)21)16(2,3)22-14)8-10-6-11(18)9-12(19)7-10/h4,6-7,9,13-14H,1,5,8,17H2,2-3H3/t13-,14+/m0/s1. The van der Waals surface area contributed by atoms with Crippen LogP contribution in [0.5, 0.6) is 0 Å². The molecule has 0 saturated carbocycles. The first kappa shape index (κ1) is 16.7. The molecule has 0 radical (unpaired) electrons. The van der Waals surface area contributed by atoms with Gasteiger partial charge in [-0.05, 0) is 44.4 Å². The zero-order valence-corrected chi connectivity index (χ0v) is 13.1. The summed E-state index contributed by atoms with van der Waals surface area (Å²) in [5, 5.41) is 0. The lowest BCUT2D eigenvalue weighted by molar-refractivity contribution is -0.0564. The third-order valence-electron chi connectivity index (χ3n) is 3.89. The van der Waals surface area contributed by atoms with Crippen molar-refractivity contribution < 1.29 is 18.3 Å². The molecule has 118 valence electrons. The van der Waals surface area contributed by atoms with Gasteiger partial charge in [0.05, 0.1) is 12.1 Å². The third kappa shape index (κ3) is 3.38. The highest BCUT2D eigenvalue weighted by molar-refractivity contribution is 6.57. The van der Waals surface area contributed by atoms with Gasteiger partial charge in [0.2, 0.25) is 7.85 Å². The van der Waals surface area contributed by atoms with Gasteiger partial charge in [0, 0.05) is 6.07 Å². The molecule has 3 nitrogen and oxygen atoms in total. The number of nitrogens with zero attached hydrogens (tertiary/aromatic N) is 1. The van der Waals surface area contributed by atoms with Gasteiger partial charge >= 0.3 is 0 Å². The zero-order chi connectivity index (χ0) is 16.5. The largest absolute Gasteiger partial charge is 0.350 e. The van der Waals surface area contributed by atoms with Crippen molar-refractivity contribution in [3.05, 3.63) is 48.1 Å². The Kier molecular flexibility index (Phi) is 4.70. The van der Waals surface area contributed by atoms with E-state index in [1.54, 1.807) is 11.0 Å². The second kappa shape index (κ2) is 6.20. The first-order chi connectivity index (χ1) is 10.2. The Hall–Kier alpha value is -1.69. The summed E-state index contributed by atoms with van der Waals surface area (Å²) in [6.45, 7) is 7.34. The van der Waals surface area contributed by atoms with Crippen molar-refractivity contribution in [1.29, 1.82) is 0 Å². The number of halogens is 2. The Morgan fingerprint density at radius 3 is 2.50 bits per heavy atom. The smallest absolute Gasteiger partial charge is 0.216 e. The first-order valence-corrected chi connectivity index (χ1v) is 7.28. The van der Waals surface area contributed by atoms with Crippen molar-refractivity contribution in [2.75, 3.05) is 0 Å². The molecule has 0 N–H and O–H groups in total. The quantitative estimate of drug-likeness (QED) is 0.632. The van der Waals surface area contributed by atoms with Gasteiger partial charge in [0.25, 0.3) is 0 Å². The van der Waals surface area contributed by atoms with Crippen LogP contribution in [0.2, 0.25) is 0 Å². The topological polar surface area (TPSA) is 29.5 Å². The minimum atomic E-state index is -0.754. The SMILES string of the molecule is BC(=O)N1[C@@H](Cc2cc(F)cc(F)c2)[C@@H](CC=C)OC1(C)C. The van der Waals surface area contributed by atoms with Gasteiger partial charge in [-0.15, -0.1) is 6.58 Å². The molecule has 2 atom stereocenters. The van der Waals surface area contributed by atoms with Crippen molar-refractivity contribution in [3.8, 4) is 0 Å². The maximum atomic E-state index is 13.4. The lowest BCUT2D eigenvalue weighted by Crippen LogP contribution is -2.48. The minimum Gasteiger partial charge on any atom is -0.350 e. The van der Waals surface area contributed by atoms with Gasteiger partial charge in [-0.3, -0.25) is 4.79 Å². The average Bonchev–Trinajstić information content (AvgIpc) is 2.59. The van der Waals surface area contributed by atoms with E-state index in [1.165, 1.54) is 20.0 Å². The molecule has 0 bridgehead atoms. The van der Waals surface area contributed by atoms with Gasteiger partial charge in [-0.1, -0.05) is 6.08 Å². The molecule has 1 fully saturated rings. The predicted octanol–water partition coefficient (Wildman–Crippen LogP) is 2.64. The lowest BCUT2D eigenvalue weighted by Gasteiger charge is -2.33. The molecule has 1 aliphatic heterocycles. The molecular weight excluding hydrogens is 287 g/mol. The van der Waals surface area contributed by atoms with Gasteiger partial charge in [-0.25, -0.2) is 8.78 Å². The van der Waals surface area contributed by atoms with E-state index < -0.39 is 17.4 Å². The fraction of sp³-hybridized carbons (Fsp3) is 0.438. The Morgan fingerprint density at radius 2 is 2.00 bits per heavy atom. The second-order valence-electron chi connectivity index (χ2n) is 6.07. The summed E-state index contributed by atoms with van der Waals surface area (Å²) in [5.74, 6) is -1.37. The summed E-state index contributed by atoms with van der Waals surface area (Å²) in [6, 6.07) is 3.13. The van der Waals surface area contributed by atoms with E-state index in [2.05, 4.69) is 6.58 Å². The van der Waals surface area contributed by atoms with Crippen LogP contribution < -0.4 is 0 Å². The van der Waals surface area contributed by atoms with Gasteiger partial charge in [0.1, 0.15) is 17.4 Å². The number of benzene rings is 1. The van der Waals surface area contributed by atoms with E-state index in [4.69, 9.17) is 4.74 Å².